The van der Waals surface area contributed by atoms with Crippen molar-refractivity contribution in [2.75, 3.05) is 7.11 Å². The van der Waals surface area contributed by atoms with Crippen molar-refractivity contribution >= 4 is 10.8 Å². The second kappa shape index (κ2) is 7.45. The molecular weight excluding hydrogens is 316 g/mol. The molecule has 0 fully saturated rings. The summed E-state index contributed by atoms with van der Waals surface area (Å²) in [5.41, 5.74) is 3.84. The molecule has 26 heavy (non-hydrogen) atoms. The van der Waals surface area contributed by atoms with Crippen LogP contribution >= 0.6 is 0 Å². The molecule has 0 aliphatic rings. The summed E-state index contributed by atoms with van der Waals surface area (Å²) in [4.78, 5) is 0. The average molecular weight is 337 g/mol. The quantitative estimate of drug-likeness (QED) is 0.430. The molecule has 0 atom stereocenters. The summed E-state index contributed by atoms with van der Waals surface area (Å²) in [6.07, 6.45) is 0.877. The van der Waals surface area contributed by atoms with Crippen LogP contribution in [0.5, 0.6) is 5.75 Å². The van der Waals surface area contributed by atoms with Crippen molar-refractivity contribution in [1.82, 2.24) is 0 Å². The van der Waals surface area contributed by atoms with E-state index in [-0.39, 0.29) is 0 Å². The van der Waals surface area contributed by atoms with Gasteiger partial charge in [0.05, 0.1) is 7.11 Å². The van der Waals surface area contributed by atoms with Gasteiger partial charge in [-0.25, -0.2) is 0 Å². The standard InChI is InChI=1S/C25H21O/c1-26-22-16-14-19(15-17-22)18-25(21-8-3-2-4-9-21)24-13-7-11-20-10-5-6-12-23(20)24/h2-17H,18H2,1H3. The van der Waals surface area contributed by atoms with Crippen LogP contribution in [0.2, 0.25) is 0 Å². The van der Waals surface area contributed by atoms with E-state index in [1.807, 2.05) is 12.1 Å². The summed E-state index contributed by atoms with van der Waals surface area (Å²) in [6, 6.07) is 34.2. The van der Waals surface area contributed by atoms with Crippen molar-refractivity contribution in [3.63, 3.8) is 0 Å². The summed E-state index contributed by atoms with van der Waals surface area (Å²) in [6.45, 7) is 0. The van der Waals surface area contributed by atoms with Gasteiger partial charge in [-0.2, -0.15) is 0 Å². The predicted octanol–water partition coefficient (Wildman–Crippen LogP) is 6.06. The molecule has 127 valence electrons. The van der Waals surface area contributed by atoms with E-state index >= 15 is 0 Å². The molecule has 0 N–H and O–H groups in total. The molecule has 0 bridgehead atoms. The van der Waals surface area contributed by atoms with Crippen molar-refractivity contribution in [1.29, 1.82) is 0 Å². The van der Waals surface area contributed by atoms with Gasteiger partial charge in [0.15, 0.2) is 0 Å². The van der Waals surface area contributed by atoms with Gasteiger partial charge < -0.3 is 4.74 Å². The van der Waals surface area contributed by atoms with E-state index in [0.717, 1.165) is 12.2 Å². The van der Waals surface area contributed by atoms with Gasteiger partial charge in [0.2, 0.25) is 0 Å². The molecule has 0 saturated heterocycles. The van der Waals surface area contributed by atoms with Crippen LogP contribution in [0.25, 0.3) is 10.8 Å². The van der Waals surface area contributed by atoms with Crippen LogP contribution < -0.4 is 4.74 Å². The van der Waals surface area contributed by atoms with Crippen molar-refractivity contribution in [2.24, 2.45) is 0 Å². The fourth-order valence-corrected chi connectivity index (χ4v) is 3.43. The van der Waals surface area contributed by atoms with Crippen LogP contribution in [0.4, 0.5) is 0 Å². The first-order valence-electron chi connectivity index (χ1n) is 8.87. The third kappa shape index (κ3) is 3.34. The van der Waals surface area contributed by atoms with Crippen molar-refractivity contribution in [3.05, 3.63) is 120 Å². The number of ether oxygens (including phenoxy) is 1. The molecule has 0 saturated carbocycles. The van der Waals surface area contributed by atoms with E-state index in [0.29, 0.717) is 0 Å². The van der Waals surface area contributed by atoms with E-state index in [4.69, 9.17) is 4.74 Å². The number of hydrogen-bond acceptors (Lipinski definition) is 1. The van der Waals surface area contributed by atoms with Crippen molar-refractivity contribution < 1.29 is 4.74 Å². The zero-order valence-corrected chi connectivity index (χ0v) is 14.9. The van der Waals surface area contributed by atoms with E-state index in [1.54, 1.807) is 7.11 Å². The summed E-state index contributed by atoms with van der Waals surface area (Å²) >= 11 is 0. The Labute approximate surface area is 154 Å². The summed E-state index contributed by atoms with van der Waals surface area (Å²) in [5, 5.41) is 2.57. The first-order valence-corrected chi connectivity index (χ1v) is 8.87. The van der Waals surface area contributed by atoms with E-state index in [2.05, 4.69) is 84.9 Å². The second-order valence-corrected chi connectivity index (χ2v) is 6.40. The van der Waals surface area contributed by atoms with Crippen LogP contribution in [0.15, 0.2) is 97.1 Å². The molecule has 1 heteroatoms. The Morgan fingerprint density at radius 1 is 0.692 bits per heavy atom. The minimum Gasteiger partial charge on any atom is -0.497 e. The Morgan fingerprint density at radius 3 is 2.15 bits per heavy atom. The Balaban J connectivity index is 1.80. The van der Waals surface area contributed by atoms with Crippen LogP contribution in [0.3, 0.4) is 0 Å². The van der Waals surface area contributed by atoms with Gasteiger partial charge in [-0.15, -0.1) is 0 Å². The highest BCUT2D eigenvalue weighted by Gasteiger charge is 2.18. The lowest BCUT2D eigenvalue weighted by molar-refractivity contribution is 0.414. The van der Waals surface area contributed by atoms with E-state index < -0.39 is 0 Å². The molecule has 0 aliphatic heterocycles. The van der Waals surface area contributed by atoms with Crippen molar-refractivity contribution in [2.45, 2.75) is 6.42 Å². The maximum absolute atomic E-state index is 5.29. The first-order chi connectivity index (χ1) is 12.8. The van der Waals surface area contributed by atoms with Crippen LogP contribution in [-0.4, -0.2) is 7.11 Å². The van der Waals surface area contributed by atoms with Crippen LogP contribution in [0, 0.1) is 5.92 Å². The molecule has 0 amide bonds. The van der Waals surface area contributed by atoms with Gasteiger partial charge in [-0.3, -0.25) is 0 Å². The lowest BCUT2D eigenvalue weighted by Gasteiger charge is -2.20. The average Bonchev–Trinajstić information content (AvgIpc) is 2.73. The molecule has 4 aromatic rings. The summed E-state index contributed by atoms with van der Waals surface area (Å²) in [5.74, 6) is 2.23. The SMILES string of the molecule is COc1ccc(C[C](c2ccccc2)c2cccc3ccccc23)cc1. The lowest BCUT2D eigenvalue weighted by atomic mass is 9.83. The molecule has 0 heterocycles. The van der Waals surface area contributed by atoms with Gasteiger partial charge in [0.25, 0.3) is 0 Å². The third-order valence-corrected chi connectivity index (χ3v) is 4.78. The highest BCUT2D eigenvalue weighted by Crippen LogP contribution is 2.33. The monoisotopic (exact) mass is 337 g/mol. The van der Waals surface area contributed by atoms with Gasteiger partial charge >= 0.3 is 0 Å². The third-order valence-electron chi connectivity index (χ3n) is 4.78. The molecule has 0 aliphatic carbocycles. The maximum atomic E-state index is 5.29. The van der Waals surface area contributed by atoms with Gasteiger partial charge in [0.1, 0.15) is 5.75 Å². The molecular formula is C25H21O. The fourth-order valence-electron chi connectivity index (χ4n) is 3.43. The number of fused-ring (bicyclic) bond motifs is 1. The fraction of sp³-hybridized carbons (Fsp3) is 0.0800. The lowest BCUT2D eigenvalue weighted by Crippen LogP contribution is -2.07. The predicted molar refractivity (Wildman–Crippen MR) is 109 cm³/mol. The molecule has 0 aromatic heterocycles. The number of benzene rings is 4. The minimum atomic E-state index is 0.877. The molecule has 1 radical (unpaired) electrons. The molecule has 0 spiro atoms. The Kier molecular flexibility index (Phi) is 4.70. The Hall–Kier alpha value is -3.06. The topological polar surface area (TPSA) is 9.23 Å². The second-order valence-electron chi connectivity index (χ2n) is 6.40. The number of hydrogen-bond donors (Lipinski definition) is 0. The number of methoxy groups -OCH3 is 1. The van der Waals surface area contributed by atoms with Gasteiger partial charge in [-0.05, 0) is 46.0 Å². The van der Waals surface area contributed by atoms with Gasteiger partial charge in [0, 0.05) is 5.92 Å². The molecule has 4 rings (SSSR count). The first kappa shape index (κ1) is 16.4. The molecule has 1 nitrogen and oxygen atoms in total. The summed E-state index contributed by atoms with van der Waals surface area (Å²) in [7, 11) is 1.70. The van der Waals surface area contributed by atoms with Gasteiger partial charge in [-0.1, -0.05) is 84.9 Å². The normalized spacial score (nSPS) is 11.0. The molecule has 0 unspecified atom stereocenters. The number of rotatable bonds is 5. The van der Waals surface area contributed by atoms with Crippen LogP contribution in [0.1, 0.15) is 16.7 Å². The van der Waals surface area contributed by atoms with Crippen LogP contribution in [-0.2, 0) is 6.42 Å². The largest absolute Gasteiger partial charge is 0.497 e. The summed E-state index contributed by atoms with van der Waals surface area (Å²) < 4.78 is 5.29. The van der Waals surface area contributed by atoms with E-state index in [9.17, 15) is 0 Å². The highest BCUT2D eigenvalue weighted by molar-refractivity contribution is 5.88. The Morgan fingerprint density at radius 2 is 1.38 bits per heavy atom. The smallest absolute Gasteiger partial charge is 0.118 e. The zero-order valence-electron chi connectivity index (χ0n) is 14.9. The zero-order chi connectivity index (χ0) is 17.8. The minimum absolute atomic E-state index is 0.877. The Bertz CT molecular complexity index is 982. The van der Waals surface area contributed by atoms with E-state index in [1.165, 1.54) is 33.4 Å². The van der Waals surface area contributed by atoms with Crippen molar-refractivity contribution in [3.8, 4) is 5.75 Å². The molecule has 4 aromatic carbocycles. The maximum Gasteiger partial charge on any atom is 0.118 e. The highest BCUT2D eigenvalue weighted by atomic mass is 16.5.